The van der Waals surface area contributed by atoms with Gasteiger partial charge < -0.3 is 0 Å². The number of amides is 2. The maximum Gasteiger partial charge on any atom is 0.252 e. The molecular formula is C23H18F2N2O4S. The van der Waals surface area contributed by atoms with Crippen LogP contribution < -0.4 is 4.90 Å². The van der Waals surface area contributed by atoms with Crippen LogP contribution in [-0.4, -0.2) is 30.6 Å². The molecule has 1 unspecified atom stereocenters. The highest BCUT2D eigenvalue weighted by Crippen LogP contribution is 2.30. The Balaban J connectivity index is 1.74. The molecule has 0 aliphatic carbocycles. The molecule has 4 rings (SSSR count). The summed E-state index contributed by atoms with van der Waals surface area (Å²) in [4.78, 5) is 26.7. The number of hydrogen-bond acceptors (Lipinski definition) is 4. The lowest BCUT2D eigenvalue weighted by atomic mass is 10.2. The van der Waals surface area contributed by atoms with Crippen LogP contribution in [0.1, 0.15) is 12.0 Å². The monoisotopic (exact) mass is 456 g/mol. The first-order valence-electron chi connectivity index (χ1n) is 9.71. The molecule has 9 heteroatoms. The molecule has 3 aromatic carbocycles. The maximum atomic E-state index is 13.5. The zero-order valence-electron chi connectivity index (χ0n) is 16.7. The minimum Gasteiger partial charge on any atom is -0.274 e. The fourth-order valence-corrected chi connectivity index (χ4v) is 5.15. The highest BCUT2D eigenvalue weighted by atomic mass is 32.2. The number of nitrogens with zero attached hydrogens (tertiary/aromatic N) is 2. The van der Waals surface area contributed by atoms with Crippen molar-refractivity contribution in [1.29, 1.82) is 0 Å². The average Bonchev–Trinajstić information content (AvgIpc) is 3.08. The number of halogens is 2. The Hall–Kier alpha value is -3.43. The summed E-state index contributed by atoms with van der Waals surface area (Å²) in [6.07, 6.45) is -0.372. The van der Waals surface area contributed by atoms with Crippen molar-refractivity contribution in [3.8, 4) is 0 Å². The SMILES string of the molecule is O=C1CC(N(Cc2ccc(F)cc2)S(=O)(=O)c2ccccc2)C(=O)N1c1ccc(F)cc1. The van der Waals surface area contributed by atoms with Crippen LogP contribution in [0.15, 0.2) is 83.8 Å². The van der Waals surface area contributed by atoms with Gasteiger partial charge in [0, 0.05) is 6.54 Å². The molecule has 3 aromatic rings. The van der Waals surface area contributed by atoms with E-state index in [4.69, 9.17) is 0 Å². The molecule has 0 saturated carbocycles. The van der Waals surface area contributed by atoms with Gasteiger partial charge in [0.2, 0.25) is 15.9 Å². The van der Waals surface area contributed by atoms with Gasteiger partial charge in [0.1, 0.15) is 17.7 Å². The number of benzene rings is 3. The molecule has 1 saturated heterocycles. The number of sulfonamides is 1. The molecule has 1 atom stereocenters. The zero-order valence-corrected chi connectivity index (χ0v) is 17.5. The van der Waals surface area contributed by atoms with Crippen molar-refractivity contribution in [2.24, 2.45) is 0 Å². The normalized spacial score (nSPS) is 16.7. The fraction of sp³-hybridized carbons (Fsp3) is 0.130. The van der Waals surface area contributed by atoms with Gasteiger partial charge in [0.25, 0.3) is 5.91 Å². The van der Waals surface area contributed by atoms with Crippen molar-refractivity contribution in [3.05, 3.63) is 96.1 Å². The number of rotatable bonds is 6. The predicted molar refractivity (Wildman–Crippen MR) is 113 cm³/mol. The second kappa shape index (κ2) is 8.60. The molecule has 0 N–H and O–H groups in total. The highest BCUT2D eigenvalue weighted by molar-refractivity contribution is 7.89. The Labute approximate surface area is 183 Å². The van der Waals surface area contributed by atoms with Crippen LogP contribution >= 0.6 is 0 Å². The summed E-state index contributed by atoms with van der Waals surface area (Å²) in [6.45, 7) is -0.238. The van der Waals surface area contributed by atoms with Crippen LogP contribution in [0.25, 0.3) is 0 Å². The fourth-order valence-electron chi connectivity index (χ4n) is 3.56. The molecule has 2 amide bonds. The van der Waals surface area contributed by atoms with Gasteiger partial charge in [-0.1, -0.05) is 30.3 Å². The van der Waals surface area contributed by atoms with Crippen LogP contribution in [0.3, 0.4) is 0 Å². The summed E-state index contributed by atoms with van der Waals surface area (Å²) in [5.74, 6) is -2.35. The largest absolute Gasteiger partial charge is 0.274 e. The third-order valence-electron chi connectivity index (χ3n) is 5.16. The third-order valence-corrected chi connectivity index (χ3v) is 7.03. The van der Waals surface area contributed by atoms with Crippen molar-refractivity contribution in [1.82, 2.24) is 4.31 Å². The first kappa shape index (κ1) is 21.8. The molecule has 1 aliphatic heterocycles. The molecule has 1 aliphatic rings. The van der Waals surface area contributed by atoms with Crippen LogP contribution in [0.5, 0.6) is 0 Å². The molecule has 164 valence electrons. The number of carbonyl (C=O) groups excluding carboxylic acids is 2. The van der Waals surface area contributed by atoms with Gasteiger partial charge in [-0.15, -0.1) is 0 Å². The van der Waals surface area contributed by atoms with Crippen molar-refractivity contribution >= 4 is 27.5 Å². The van der Waals surface area contributed by atoms with E-state index in [1.54, 1.807) is 18.2 Å². The molecule has 1 heterocycles. The summed E-state index contributed by atoms with van der Waals surface area (Å²) in [6, 6.07) is 16.2. The molecule has 0 aromatic heterocycles. The second-order valence-electron chi connectivity index (χ2n) is 7.25. The highest BCUT2D eigenvalue weighted by Gasteiger charge is 2.46. The summed E-state index contributed by atoms with van der Waals surface area (Å²) in [5.41, 5.74) is 0.606. The maximum absolute atomic E-state index is 13.5. The Bertz CT molecular complexity index is 1250. The van der Waals surface area contributed by atoms with Gasteiger partial charge in [-0.3, -0.25) is 9.59 Å². The van der Waals surface area contributed by atoms with E-state index < -0.39 is 39.5 Å². The Morgan fingerprint density at radius 3 is 2.00 bits per heavy atom. The van der Waals surface area contributed by atoms with Crippen molar-refractivity contribution in [2.75, 3.05) is 4.90 Å². The molecule has 32 heavy (non-hydrogen) atoms. The minimum atomic E-state index is -4.18. The van der Waals surface area contributed by atoms with Crippen molar-refractivity contribution in [2.45, 2.75) is 23.9 Å². The molecule has 1 fully saturated rings. The molecular weight excluding hydrogens is 438 g/mol. The van der Waals surface area contributed by atoms with E-state index in [0.717, 1.165) is 21.3 Å². The zero-order chi connectivity index (χ0) is 22.9. The molecule has 0 spiro atoms. The quantitative estimate of drug-likeness (QED) is 0.533. The van der Waals surface area contributed by atoms with Crippen LogP contribution in [-0.2, 0) is 26.2 Å². The van der Waals surface area contributed by atoms with E-state index in [0.29, 0.717) is 5.56 Å². The van der Waals surface area contributed by atoms with E-state index in [1.807, 2.05) is 0 Å². The number of anilines is 1. The van der Waals surface area contributed by atoms with Gasteiger partial charge in [0.05, 0.1) is 17.0 Å². The third kappa shape index (κ3) is 4.17. The Morgan fingerprint density at radius 1 is 0.844 bits per heavy atom. The first-order valence-corrected chi connectivity index (χ1v) is 11.1. The lowest BCUT2D eigenvalue weighted by molar-refractivity contribution is -0.122. The Kier molecular flexibility index (Phi) is 5.86. The number of hydrogen-bond donors (Lipinski definition) is 0. The lowest BCUT2D eigenvalue weighted by Gasteiger charge is -2.27. The van der Waals surface area contributed by atoms with E-state index in [2.05, 4.69) is 0 Å². The standard InChI is InChI=1S/C23H18F2N2O4S/c24-17-8-6-16(7-9-17)15-26(32(30,31)20-4-2-1-3-5-20)21-14-22(28)27(23(21)29)19-12-10-18(25)11-13-19/h1-13,21H,14-15H2. The van der Waals surface area contributed by atoms with Crippen LogP contribution in [0.4, 0.5) is 14.5 Å². The predicted octanol–water partition coefficient (Wildman–Crippen LogP) is 3.49. The lowest BCUT2D eigenvalue weighted by Crippen LogP contribution is -2.45. The number of imide groups is 1. The summed E-state index contributed by atoms with van der Waals surface area (Å²) in [5, 5.41) is 0. The smallest absolute Gasteiger partial charge is 0.252 e. The summed E-state index contributed by atoms with van der Waals surface area (Å²) in [7, 11) is -4.18. The second-order valence-corrected chi connectivity index (χ2v) is 9.14. The van der Waals surface area contributed by atoms with E-state index >= 15 is 0 Å². The van der Waals surface area contributed by atoms with Gasteiger partial charge >= 0.3 is 0 Å². The molecule has 6 nitrogen and oxygen atoms in total. The van der Waals surface area contributed by atoms with Crippen molar-refractivity contribution < 1.29 is 26.8 Å². The van der Waals surface area contributed by atoms with E-state index in [9.17, 15) is 26.8 Å². The van der Waals surface area contributed by atoms with Gasteiger partial charge in [-0.05, 0) is 54.1 Å². The molecule has 0 bridgehead atoms. The Morgan fingerprint density at radius 2 is 1.41 bits per heavy atom. The first-order chi connectivity index (χ1) is 15.3. The van der Waals surface area contributed by atoms with Gasteiger partial charge in [-0.25, -0.2) is 22.1 Å². The van der Waals surface area contributed by atoms with Crippen LogP contribution in [0, 0.1) is 11.6 Å². The molecule has 0 radical (unpaired) electrons. The number of carbonyl (C=O) groups is 2. The van der Waals surface area contributed by atoms with Gasteiger partial charge in [-0.2, -0.15) is 4.31 Å². The summed E-state index contributed by atoms with van der Waals surface area (Å²) >= 11 is 0. The topological polar surface area (TPSA) is 74.8 Å². The minimum absolute atomic E-state index is 0.0393. The van der Waals surface area contributed by atoms with E-state index in [-0.39, 0.29) is 23.5 Å². The average molecular weight is 456 g/mol. The summed E-state index contributed by atoms with van der Waals surface area (Å²) < 4.78 is 54.5. The van der Waals surface area contributed by atoms with E-state index in [1.165, 1.54) is 48.5 Å². The van der Waals surface area contributed by atoms with Crippen molar-refractivity contribution in [3.63, 3.8) is 0 Å². The van der Waals surface area contributed by atoms with Gasteiger partial charge in [0.15, 0.2) is 0 Å². The van der Waals surface area contributed by atoms with Crippen LogP contribution in [0.2, 0.25) is 0 Å².